The molecular formula is C17H24N8O2. The van der Waals surface area contributed by atoms with Gasteiger partial charge in [-0.25, -0.2) is 9.67 Å². The number of rotatable bonds is 6. The van der Waals surface area contributed by atoms with Gasteiger partial charge in [0.15, 0.2) is 11.8 Å². The number of pyridine rings is 1. The molecule has 10 nitrogen and oxygen atoms in total. The highest BCUT2D eigenvalue weighted by molar-refractivity contribution is 5.94. The lowest BCUT2D eigenvalue weighted by molar-refractivity contribution is -0.115. The number of guanidine groups is 1. The molecule has 2 aromatic rings. The topological polar surface area (TPSA) is 118 Å². The number of hydrogen-bond donors (Lipinski definition) is 3. The molecule has 0 aliphatic carbocycles. The zero-order chi connectivity index (χ0) is 19.1. The van der Waals surface area contributed by atoms with Gasteiger partial charge in [0.05, 0.1) is 25.0 Å². The van der Waals surface area contributed by atoms with E-state index in [1.165, 1.54) is 0 Å². The van der Waals surface area contributed by atoms with E-state index in [0.717, 1.165) is 18.7 Å². The highest BCUT2D eigenvalue weighted by Gasteiger charge is 2.22. The van der Waals surface area contributed by atoms with Crippen molar-refractivity contribution in [2.45, 2.75) is 32.0 Å². The molecule has 1 atom stereocenters. The zero-order valence-electron chi connectivity index (χ0n) is 15.5. The van der Waals surface area contributed by atoms with E-state index in [-0.39, 0.29) is 18.5 Å². The van der Waals surface area contributed by atoms with Crippen molar-refractivity contribution >= 4 is 17.6 Å². The van der Waals surface area contributed by atoms with Gasteiger partial charge in [0.25, 0.3) is 0 Å². The van der Waals surface area contributed by atoms with E-state index < -0.39 is 0 Å². The van der Waals surface area contributed by atoms with Gasteiger partial charge in [-0.15, -0.1) is 0 Å². The first-order valence-electron chi connectivity index (χ1n) is 8.76. The van der Waals surface area contributed by atoms with E-state index in [0.29, 0.717) is 30.6 Å². The number of carbonyl (C=O) groups excluding carboxylic acids is 1. The van der Waals surface area contributed by atoms with Crippen molar-refractivity contribution in [2.24, 2.45) is 4.99 Å². The Labute approximate surface area is 157 Å². The smallest absolute Gasteiger partial charge is 0.243 e. The summed E-state index contributed by atoms with van der Waals surface area (Å²) in [5, 5.41) is 13.6. The first-order valence-corrected chi connectivity index (χ1v) is 8.76. The molecular weight excluding hydrogens is 348 g/mol. The fraction of sp³-hybridized carbons (Fsp3) is 0.471. The molecule has 0 bridgehead atoms. The molecule has 0 saturated heterocycles. The van der Waals surface area contributed by atoms with E-state index in [1.807, 2.05) is 4.68 Å². The number of fused-ring (bicyclic) bond motifs is 1. The van der Waals surface area contributed by atoms with Crippen LogP contribution in [0.5, 0.6) is 0 Å². The molecule has 0 spiro atoms. The highest BCUT2D eigenvalue weighted by atomic mass is 16.5. The maximum absolute atomic E-state index is 12.0. The SMILES string of the molecule is CN=C(NCC(=O)Nc1cccnc1)NC1CCc2nc(COC)nn2C1. The minimum atomic E-state index is -0.169. The first-order chi connectivity index (χ1) is 13.2. The quantitative estimate of drug-likeness (QED) is 0.480. The number of amides is 1. The molecule has 144 valence electrons. The Morgan fingerprint density at radius 2 is 2.37 bits per heavy atom. The number of aliphatic imine (C=N–C) groups is 1. The number of aromatic nitrogens is 4. The summed E-state index contributed by atoms with van der Waals surface area (Å²) in [6.45, 7) is 1.20. The third kappa shape index (κ3) is 5.23. The average molecular weight is 372 g/mol. The number of aryl methyl sites for hydroxylation is 1. The monoisotopic (exact) mass is 372 g/mol. The molecule has 1 aliphatic rings. The molecule has 10 heteroatoms. The highest BCUT2D eigenvalue weighted by Crippen LogP contribution is 2.13. The third-order valence-electron chi connectivity index (χ3n) is 4.10. The lowest BCUT2D eigenvalue weighted by Gasteiger charge is -2.25. The van der Waals surface area contributed by atoms with Crippen LogP contribution in [0.3, 0.4) is 0 Å². The number of nitrogens with zero attached hydrogens (tertiary/aromatic N) is 5. The lowest BCUT2D eigenvalue weighted by Crippen LogP contribution is -2.48. The van der Waals surface area contributed by atoms with Gasteiger partial charge in [0.2, 0.25) is 5.91 Å². The number of carbonyl (C=O) groups is 1. The Hall–Kier alpha value is -3.01. The predicted molar refractivity (Wildman–Crippen MR) is 100 cm³/mol. The third-order valence-corrected chi connectivity index (χ3v) is 4.10. The maximum Gasteiger partial charge on any atom is 0.243 e. The molecule has 1 amide bonds. The van der Waals surface area contributed by atoms with Crippen LogP contribution in [0.15, 0.2) is 29.5 Å². The van der Waals surface area contributed by atoms with Crippen LogP contribution in [0.2, 0.25) is 0 Å². The van der Waals surface area contributed by atoms with Crippen molar-refractivity contribution in [3.8, 4) is 0 Å². The van der Waals surface area contributed by atoms with Crippen LogP contribution in [-0.2, 0) is 29.1 Å². The van der Waals surface area contributed by atoms with Gasteiger partial charge in [-0.1, -0.05) is 0 Å². The van der Waals surface area contributed by atoms with Crippen LogP contribution in [0.4, 0.5) is 5.69 Å². The summed E-state index contributed by atoms with van der Waals surface area (Å²) in [6, 6.07) is 3.71. The molecule has 27 heavy (non-hydrogen) atoms. The molecule has 0 aromatic carbocycles. The van der Waals surface area contributed by atoms with Crippen LogP contribution in [0.25, 0.3) is 0 Å². The van der Waals surface area contributed by atoms with E-state index >= 15 is 0 Å². The van der Waals surface area contributed by atoms with Crippen molar-refractivity contribution in [1.29, 1.82) is 0 Å². The van der Waals surface area contributed by atoms with Crippen LogP contribution >= 0.6 is 0 Å². The van der Waals surface area contributed by atoms with E-state index in [1.54, 1.807) is 38.7 Å². The zero-order valence-corrected chi connectivity index (χ0v) is 15.5. The fourth-order valence-electron chi connectivity index (χ4n) is 2.86. The fourth-order valence-corrected chi connectivity index (χ4v) is 2.86. The molecule has 0 radical (unpaired) electrons. The molecule has 2 aromatic heterocycles. The Morgan fingerprint density at radius 3 is 3.11 bits per heavy atom. The lowest BCUT2D eigenvalue weighted by atomic mass is 10.1. The van der Waals surface area contributed by atoms with Crippen molar-refractivity contribution < 1.29 is 9.53 Å². The maximum atomic E-state index is 12.0. The number of anilines is 1. The van der Waals surface area contributed by atoms with Gasteiger partial charge in [-0.2, -0.15) is 5.10 Å². The van der Waals surface area contributed by atoms with Gasteiger partial charge < -0.3 is 20.7 Å². The van der Waals surface area contributed by atoms with Crippen LogP contribution < -0.4 is 16.0 Å². The van der Waals surface area contributed by atoms with Crippen molar-refractivity contribution in [3.63, 3.8) is 0 Å². The number of nitrogens with one attached hydrogen (secondary N) is 3. The first kappa shape index (κ1) is 18.8. The second-order valence-corrected chi connectivity index (χ2v) is 6.15. The number of methoxy groups -OCH3 is 1. The summed E-state index contributed by atoms with van der Waals surface area (Å²) in [5.41, 5.74) is 0.658. The summed E-state index contributed by atoms with van der Waals surface area (Å²) in [6.07, 6.45) is 4.99. The van der Waals surface area contributed by atoms with Gasteiger partial charge >= 0.3 is 0 Å². The predicted octanol–water partition coefficient (Wildman–Crippen LogP) is -0.0620. The molecule has 3 rings (SSSR count). The molecule has 0 saturated carbocycles. The van der Waals surface area contributed by atoms with Crippen molar-refractivity contribution in [3.05, 3.63) is 36.2 Å². The Balaban J connectivity index is 1.48. The second kappa shape index (κ2) is 9.08. The Bertz CT molecular complexity index is 789. The molecule has 0 fully saturated rings. The Morgan fingerprint density at radius 1 is 1.48 bits per heavy atom. The van der Waals surface area contributed by atoms with Crippen molar-refractivity contribution in [2.75, 3.05) is 26.0 Å². The summed E-state index contributed by atoms with van der Waals surface area (Å²) in [4.78, 5) is 24.7. The largest absolute Gasteiger partial charge is 0.377 e. The van der Waals surface area contributed by atoms with E-state index in [2.05, 4.69) is 36.0 Å². The Kier molecular flexibility index (Phi) is 6.31. The molecule has 1 unspecified atom stereocenters. The van der Waals surface area contributed by atoms with E-state index in [9.17, 15) is 4.79 Å². The van der Waals surface area contributed by atoms with Crippen LogP contribution in [0.1, 0.15) is 18.1 Å². The van der Waals surface area contributed by atoms with Crippen molar-refractivity contribution in [1.82, 2.24) is 30.4 Å². The number of ether oxygens (including phenoxy) is 1. The van der Waals surface area contributed by atoms with Gasteiger partial charge in [-0.05, 0) is 18.6 Å². The average Bonchev–Trinajstić information content (AvgIpc) is 3.08. The normalized spacial score (nSPS) is 16.5. The molecule has 3 N–H and O–H groups in total. The summed E-state index contributed by atoms with van der Waals surface area (Å²) in [7, 11) is 3.30. The van der Waals surface area contributed by atoms with E-state index in [4.69, 9.17) is 4.74 Å². The molecule has 3 heterocycles. The molecule has 1 aliphatic heterocycles. The van der Waals surface area contributed by atoms with Crippen LogP contribution in [-0.4, -0.2) is 58.4 Å². The standard InChI is InChI=1S/C17H24N8O2/c1-18-17(20-9-16(26)21-12-4-3-7-19-8-12)22-13-5-6-15-23-14(11-27-2)24-25(15)10-13/h3-4,7-8,13H,5-6,9-11H2,1-2H3,(H,21,26)(H2,18,20,22). The minimum Gasteiger partial charge on any atom is -0.377 e. The summed E-state index contributed by atoms with van der Waals surface area (Å²) >= 11 is 0. The van der Waals surface area contributed by atoms with Gasteiger partial charge in [0, 0.05) is 32.8 Å². The van der Waals surface area contributed by atoms with Crippen LogP contribution in [0, 0.1) is 0 Å². The van der Waals surface area contributed by atoms with Gasteiger partial charge in [-0.3, -0.25) is 14.8 Å². The minimum absolute atomic E-state index is 0.105. The van der Waals surface area contributed by atoms with Gasteiger partial charge in [0.1, 0.15) is 12.4 Å². The summed E-state index contributed by atoms with van der Waals surface area (Å²) in [5.74, 6) is 2.07. The summed E-state index contributed by atoms with van der Waals surface area (Å²) < 4.78 is 6.99. The number of hydrogen-bond acceptors (Lipinski definition) is 6. The second-order valence-electron chi connectivity index (χ2n) is 6.15.